The Hall–Kier alpha value is -3.15. The number of rotatable bonds is 5. The number of Topliss-reactive ketones (excluding diaryl/α,β-unsaturated/α-hetero) is 1. The number of carbonyl (C=O) groups excluding carboxylic acids is 3. The molecule has 6 heteroatoms. The van der Waals surface area contributed by atoms with Crippen LogP contribution in [0.5, 0.6) is 0 Å². The Morgan fingerprint density at radius 3 is 2.36 bits per heavy atom. The fourth-order valence-electron chi connectivity index (χ4n) is 2.27. The minimum Gasteiger partial charge on any atom is -0.449 e. The Kier molecular flexibility index (Phi) is 5.54. The number of aryl methyl sites for hydroxylation is 1. The Morgan fingerprint density at radius 1 is 1.04 bits per heavy atom. The van der Waals surface area contributed by atoms with E-state index in [9.17, 15) is 14.4 Å². The fraction of sp³-hybridized carbons (Fsp3) is 0.211. The van der Waals surface area contributed by atoms with Crippen molar-refractivity contribution in [3.8, 4) is 0 Å². The van der Waals surface area contributed by atoms with Gasteiger partial charge in [-0.25, -0.2) is 4.79 Å². The summed E-state index contributed by atoms with van der Waals surface area (Å²) < 4.78 is 5.19. The van der Waals surface area contributed by atoms with Crippen LogP contribution in [0.15, 0.2) is 42.5 Å². The molecule has 0 aromatic heterocycles. The van der Waals surface area contributed by atoms with Gasteiger partial charge in [0, 0.05) is 11.3 Å². The maximum atomic E-state index is 12.3. The van der Waals surface area contributed by atoms with E-state index in [1.807, 2.05) is 0 Å². The van der Waals surface area contributed by atoms with Gasteiger partial charge in [0.15, 0.2) is 11.9 Å². The molecule has 0 saturated carbocycles. The molecule has 0 bridgehead atoms. The average Bonchev–Trinajstić information content (AvgIpc) is 2.57. The highest BCUT2D eigenvalue weighted by atomic mass is 16.5. The van der Waals surface area contributed by atoms with Gasteiger partial charge in [-0.3, -0.25) is 9.59 Å². The SMILES string of the molecule is CC(=O)c1ccccc1NC(=O)[C@@H](C)OC(=O)c1cccc(C)c1N. The lowest BCUT2D eigenvalue weighted by Crippen LogP contribution is -2.30. The molecule has 3 N–H and O–H groups in total. The summed E-state index contributed by atoms with van der Waals surface area (Å²) in [6, 6.07) is 11.6. The van der Waals surface area contributed by atoms with E-state index < -0.39 is 18.0 Å². The van der Waals surface area contributed by atoms with Crippen LogP contribution in [0.2, 0.25) is 0 Å². The van der Waals surface area contributed by atoms with Crippen molar-refractivity contribution < 1.29 is 19.1 Å². The molecule has 0 fully saturated rings. The fourth-order valence-corrected chi connectivity index (χ4v) is 2.27. The molecule has 6 nitrogen and oxygen atoms in total. The van der Waals surface area contributed by atoms with Gasteiger partial charge in [-0.05, 0) is 44.5 Å². The van der Waals surface area contributed by atoms with Gasteiger partial charge >= 0.3 is 5.97 Å². The highest BCUT2D eigenvalue weighted by Crippen LogP contribution is 2.19. The van der Waals surface area contributed by atoms with E-state index >= 15 is 0 Å². The Morgan fingerprint density at radius 2 is 1.68 bits per heavy atom. The van der Waals surface area contributed by atoms with Crippen LogP contribution in [-0.4, -0.2) is 23.8 Å². The van der Waals surface area contributed by atoms with Crippen LogP contribution in [0.1, 0.15) is 40.1 Å². The lowest BCUT2D eigenvalue weighted by atomic mass is 10.1. The van der Waals surface area contributed by atoms with E-state index in [0.717, 1.165) is 5.56 Å². The summed E-state index contributed by atoms with van der Waals surface area (Å²) in [5, 5.41) is 2.61. The summed E-state index contributed by atoms with van der Waals surface area (Å²) in [5.74, 6) is -1.38. The van der Waals surface area contributed by atoms with Gasteiger partial charge in [0.05, 0.1) is 11.3 Å². The second-order valence-electron chi connectivity index (χ2n) is 5.67. The molecule has 2 rings (SSSR count). The third kappa shape index (κ3) is 4.23. The Labute approximate surface area is 146 Å². The summed E-state index contributed by atoms with van der Waals surface area (Å²) in [5.41, 5.74) is 7.92. The Bertz CT molecular complexity index is 830. The first-order valence-corrected chi connectivity index (χ1v) is 7.78. The average molecular weight is 340 g/mol. The minimum absolute atomic E-state index is 0.173. The van der Waals surface area contributed by atoms with E-state index in [1.54, 1.807) is 49.4 Å². The molecule has 2 aromatic rings. The summed E-state index contributed by atoms with van der Waals surface area (Å²) in [4.78, 5) is 36.1. The number of carbonyl (C=O) groups is 3. The highest BCUT2D eigenvalue weighted by molar-refractivity contribution is 6.05. The van der Waals surface area contributed by atoms with E-state index in [1.165, 1.54) is 13.8 Å². The third-order valence-corrected chi connectivity index (χ3v) is 3.76. The van der Waals surface area contributed by atoms with Gasteiger partial charge in [-0.15, -0.1) is 0 Å². The van der Waals surface area contributed by atoms with E-state index in [4.69, 9.17) is 10.5 Å². The van der Waals surface area contributed by atoms with Gasteiger partial charge in [-0.1, -0.05) is 24.3 Å². The molecule has 0 radical (unpaired) electrons. The number of nitrogens with one attached hydrogen (secondary N) is 1. The highest BCUT2D eigenvalue weighted by Gasteiger charge is 2.21. The van der Waals surface area contributed by atoms with Gasteiger partial charge < -0.3 is 15.8 Å². The molecule has 0 heterocycles. The van der Waals surface area contributed by atoms with Crippen molar-refractivity contribution in [2.45, 2.75) is 26.9 Å². The number of benzene rings is 2. The summed E-state index contributed by atoms with van der Waals surface area (Å²) in [7, 11) is 0. The topological polar surface area (TPSA) is 98.5 Å². The molecular weight excluding hydrogens is 320 g/mol. The number of hydrogen-bond donors (Lipinski definition) is 2. The molecule has 0 aliphatic heterocycles. The molecule has 2 aromatic carbocycles. The number of hydrogen-bond acceptors (Lipinski definition) is 5. The largest absolute Gasteiger partial charge is 0.449 e. The van der Waals surface area contributed by atoms with Crippen LogP contribution in [0.4, 0.5) is 11.4 Å². The molecular formula is C19H20N2O4. The standard InChI is InChI=1S/C19H20N2O4/c1-11-7-6-9-15(17(11)20)19(24)25-13(3)18(23)21-16-10-5-4-8-14(16)12(2)22/h4-10,13H,20H2,1-3H3,(H,21,23)/t13-/m1/s1. The number of esters is 1. The minimum atomic E-state index is -1.05. The maximum absolute atomic E-state index is 12.3. The summed E-state index contributed by atoms with van der Waals surface area (Å²) in [6.45, 7) is 4.64. The van der Waals surface area contributed by atoms with Crippen molar-refractivity contribution in [1.82, 2.24) is 0 Å². The van der Waals surface area contributed by atoms with Crippen molar-refractivity contribution in [2.75, 3.05) is 11.1 Å². The lowest BCUT2D eigenvalue weighted by molar-refractivity contribution is -0.123. The van der Waals surface area contributed by atoms with E-state index in [0.29, 0.717) is 16.9 Å². The number of ether oxygens (including phenoxy) is 1. The van der Waals surface area contributed by atoms with Crippen molar-refractivity contribution in [3.05, 3.63) is 59.2 Å². The van der Waals surface area contributed by atoms with Gasteiger partial charge in [0.1, 0.15) is 0 Å². The van der Waals surface area contributed by atoms with Crippen molar-refractivity contribution in [3.63, 3.8) is 0 Å². The molecule has 1 atom stereocenters. The number of ketones is 1. The second kappa shape index (κ2) is 7.61. The zero-order chi connectivity index (χ0) is 18.6. The van der Waals surface area contributed by atoms with Crippen LogP contribution in [-0.2, 0) is 9.53 Å². The van der Waals surface area contributed by atoms with Crippen LogP contribution in [0.25, 0.3) is 0 Å². The second-order valence-corrected chi connectivity index (χ2v) is 5.67. The number of amides is 1. The van der Waals surface area contributed by atoms with Gasteiger partial charge in [-0.2, -0.15) is 0 Å². The number of anilines is 2. The first-order valence-electron chi connectivity index (χ1n) is 7.78. The third-order valence-electron chi connectivity index (χ3n) is 3.76. The molecule has 0 aliphatic rings. The van der Waals surface area contributed by atoms with Crippen molar-refractivity contribution in [2.24, 2.45) is 0 Å². The quantitative estimate of drug-likeness (QED) is 0.495. The molecule has 0 unspecified atom stereocenters. The summed E-state index contributed by atoms with van der Waals surface area (Å²) in [6.07, 6.45) is -1.05. The first kappa shape index (κ1) is 18.2. The van der Waals surface area contributed by atoms with Crippen LogP contribution >= 0.6 is 0 Å². The molecule has 25 heavy (non-hydrogen) atoms. The predicted molar refractivity (Wildman–Crippen MR) is 95.5 cm³/mol. The summed E-state index contributed by atoms with van der Waals surface area (Å²) >= 11 is 0. The smallest absolute Gasteiger partial charge is 0.341 e. The van der Waals surface area contributed by atoms with Crippen molar-refractivity contribution >= 4 is 29.0 Å². The zero-order valence-corrected chi connectivity index (χ0v) is 14.3. The van der Waals surface area contributed by atoms with Crippen LogP contribution in [0.3, 0.4) is 0 Å². The number of nitrogen functional groups attached to an aromatic ring is 1. The van der Waals surface area contributed by atoms with Gasteiger partial charge in [0.2, 0.25) is 0 Å². The van der Waals surface area contributed by atoms with Crippen LogP contribution in [0, 0.1) is 6.92 Å². The molecule has 0 saturated heterocycles. The monoisotopic (exact) mass is 340 g/mol. The number of nitrogens with two attached hydrogens (primary N) is 1. The first-order chi connectivity index (χ1) is 11.8. The Balaban J connectivity index is 2.09. The maximum Gasteiger partial charge on any atom is 0.341 e. The number of para-hydroxylation sites is 2. The predicted octanol–water partition coefficient (Wildman–Crippen LogP) is 2.96. The van der Waals surface area contributed by atoms with E-state index in [-0.39, 0.29) is 11.3 Å². The normalized spacial score (nSPS) is 11.5. The molecule has 0 aliphatic carbocycles. The van der Waals surface area contributed by atoms with Crippen LogP contribution < -0.4 is 11.1 Å². The van der Waals surface area contributed by atoms with Crippen molar-refractivity contribution in [1.29, 1.82) is 0 Å². The lowest BCUT2D eigenvalue weighted by Gasteiger charge is -2.16. The zero-order valence-electron chi connectivity index (χ0n) is 14.3. The molecule has 0 spiro atoms. The molecule has 130 valence electrons. The van der Waals surface area contributed by atoms with Gasteiger partial charge in [0.25, 0.3) is 5.91 Å². The van der Waals surface area contributed by atoms with E-state index in [2.05, 4.69) is 5.32 Å². The molecule has 1 amide bonds.